The Kier molecular flexibility index (Phi) is 6.15. The van der Waals surface area contributed by atoms with E-state index in [0.717, 1.165) is 26.9 Å². The Morgan fingerprint density at radius 1 is 1.10 bits per heavy atom. The fourth-order valence-electron chi connectivity index (χ4n) is 3.38. The molecule has 0 spiro atoms. The van der Waals surface area contributed by atoms with Crippen LogP contribution in [-0.4, -0.2) is 26.6 Å². The zero-order valence-electron chi connectivity index (χ0n) is 16.5. The normalized spacial score (nSPS) is 12.6. The third-order valence-corrected chi connectivity index (χ3v) is 6.29. The molecule has 0 aromatic heterocycles. The van der Waals surface area contributed by atoms with E-state index in [1.807, 2.05) is 42.5 Å². The van der Waals surface area contributed by atoms with Crippen LogP contribution in [0.3, 0.4) is 0 Å². The number of carbonyl (C=O) groups excluding carboxylic acids is 1. The number of hydrogen-bond donors (Lipinski definition) is 1. The number of fused-ring (bicyclic) bond motifs is 1. The molecule has 5 nitrogen and oxygen atoms in total. The maximum atomic E-state index is 12.9. The van der Waals surface area contributed by atoms with Gasteiger partial charge in [-0.25, -0.2) is 8.42 Å². The summed E-state index contributed by atoms with van der Waals surface area (Å²) in [6, 6.07) is 17.9. The number of anilines is 1. The molecule has 1 atom stereocenters. The van der Waals surface area contributed by atoms with Gasteiger partial charge < -0.3 is 5.32 Å². The lowest BCUT2D eigenvalue weighted by Gasteiger charge is -2.29. The number of nitrogens with zero attached hydrogens (tertiary/aromatic N) is 1. The molecule has 1 N–H and O–H groups in total. The largest absolute Gasteiger partial charge is 0.350 e. The Morgan fingerprint density at radius 3 is 2.52 bits per heavy atom. The number of nitrogens with one attached hydrogen (secondary N) is 1. The van der Waals surface area contributed by atoms with Crippen molar-refractivity contribution in [3.05, 3.63) is 76.8 Å². The van der Waals surface area contributed by atoms with Crippen molar-refractivity contribution in [2.24, 2.45) is 0 Å². The Hall–Kier alpha value is -2.57. The second-order valence-electron chi connectivity index (χ2n) is 7.02. The van der Waals surface area contributed by atoms with Gasteiger partial charge in [0.1, 0.15) is 6.04 Å². The molecule has 152 valence electrons. The van der Waals surface area contributed by atoms with E-state index in [1.165, 1.54) is 0 Å². The van der Waals surface area contributed by atoms with Crippen LogP contribution in [0.5, 0.6) is 0 Å². The maximum Gasteiger partial charge on any atom is 0.243 e. The van der Waals surface area contributed by atoms with Gasteiger partial charge >= 0.3 is 0 Å². The smallest absolute Gasteiger partial charge is 0.243 e. The average Bonchev–Trinajstić information content (AvgIpc) is 2.67. The van der Waals surface area contributed by atoms with Crippen LogP contribution in [0.1, 0.15) is 18.1 Å². The van der Waals surface area contributed by atoms with Gasteiger partial charge in [-0.2, -0.15) is 0 Å². The molecular formula is C22H23ClN2O3S. The van der Waals surface area contributed by atoms with E-state index >= 15 is 0 Å². The van der Waals surface area contributed by atoms with Gasteiger partial charge in [0.25, 0.3) is 0 Å². The zero-order chi connectivity index (χ0) is 21.2. The fourth-order valence-corrected chi connectivity index (χ4v) is 4.77. The minimum atomic E-state index is -3.71. The van der Waals surface area contributed by atoms with Gasteiger partial charge in [-0.05, 0) is 47.9 Å². The van der Waals surface area contributed by atoms with Crippen LogP contribution in [0.4, 0.5) is 5.69 Å². The van der Waals surface area contributed by atoms with Crippen molar-refractivity contribution < 1.29 is 13.2 Å². The van der Waals surface area contributed by atoms with Gasteiger partial charge in [-0.1, -0.05) is 60.1 Å². The van der Waals surface area contributed by atoms with Gasteiger partial charge in [0.2, 0.25) is 15.9 Å². The van der Waals surface area contributed by atoms with Gasteiger partial charge in [-0.15, -0.1) is 0 Å². The van der Waals surface area contributed by atoms with E-state index in [0.29, 0.717) is 22.8 Å². The molecule has 1 amide bonds. The predicted molar refractivity (Wildman–Crippen MR) is 119 cm³/mol. The standard InChI is InChI=1S/C22H23ClN2O3S/c1-15-11-12-19(23)13-21(15)25(29(3,27)28)16(2)22(26)24-14-18-9-6-8-17-7-4-5-10-20(17)18/h4-13,16H,14H2,1-3H3,(H,24,26)/t16-/m1/s1. The number of halogens is 1. The van der Waals surface area contributed by atoms with Gasteiger partial charge in [-0.3, -0.25) is 9.10 Å². The first kappa shape index (κ1) is 21.1. The summed E-state index contributed by atoms with van der Waals surface area (Å²) in [5, 5.41) is 5.41. The summed E-state index contributed by atoms with van der Waals surface area (Å²) in [5.74, 6) is -0.386. The molecule has 3 aromatic rings. The summed E-state index contributed by atoms with van der Waals surface area (Å²) in [6.07, 6.45) is 1.09. The summed E-state index contributed by atoms with van der Waals surface area (Å²) in [4.78, 5) is 12.9. The van der Waals surface area contributed by atoms with E-state index in [4.69, 9.17) is 11.6 Å². The number of aryl methyl sites for hydroxylation is 1. The lowest BCUT2D eigenvalue weighted by Crippen LogP contribution is -2.48. The highest BCUT2D eigenvalue weighted by molar-refractivity contribution is 7.92. The molecule has 0 saturated heterocycles. The third-order valence-electron chi connectivity index (χ3n) is 4.83. The van der Waals surface area contributed by atoms with E-state index < -0.39 is 16.1 Å². The van der Waals surface area contributed by atoms with Crippen molar-refractivity contribution in [2.75, 3.05) is 10.6 Å². The Morgan fingerprint density at radius 2 is 1.79 bits per heavy atom. The number of amides is 1. The molecule has 29 heavy (non-hydrogen) atoms. The van der Waals surface area contributed by atoms with Gasteiger partial charge in [0, 0.05) is 11.6 Å². The molecule has 7 heteroatoms. The molecule has 0 saturated carbocycles. The van der Waals surface area contributed by atoms with Crippen molar-refractivity contribution >= 4 is 44.0 Å². The first-order valence-electron chi connectivity index (χ1n) is 9.18. The molecule has 0 heterocycles. The van der Waals surface area contributed by atoms with E-state index in [1.54, 1.807) is 32.0 Å². The molecule has 3 aromatic carbocycles. The number of hydrogen-bond acceptors (Lipinski definition) is 3. The van der Waals surface area contributed by atoms with Crippen LogP contribution in [0.15, 0.2) is 60.7 Å². The summed E-state index contributed by atoms with van der Waals surface area (Å²) in [6.45, 7) is 3.65. The monoisotopic (exact) mass is 430 g/mol. The highest BCUT2D eigenvalue weighted by atomic mass is 35.5. The number of rotatable bonds is 6. The molecule has 0 aliphatic rings. The van der Waals surface area contributed by atoms with Gasteiger partial charge in [0.05, 0.1) is 11.9 Å². The third kappa shape index (κ3) is 4.71. The summed E-state index contributed by atoms with van der Waals surface area (Å²) in [7, 11) is -3.71. The summed E-state index contributed by atoms with van der Waals surface area (Å²) in [5.41, 5.74) is 2.08. The van der Waals surface area contributed by atoms with E-state index in [2.05, 4.69) is 5.32 Å². The molecule has 3 rings (SSSR count). The van der Waals surface area contributed by atoms with Crippen molar-refractivity contribution in [1.82, 2.24) is 5.32 Å². The lowest BCUT2D eigenvalue weighted by atomic mass is 10.0. The van der Waals surface area contributed by atoms with Crippen molar-refractivity contribution in [3.8, 4) is 0 Å². The Bertz CT molecular complexity index is 1160. The van der Waals surface area contributed by atoms with Crippen LogP contribution < -0.4 is 9.62 Å². The number of benzene rings is 3. The number of carbonyl (C=O) groups is 1. The molecule has 0 fully saturated rings. The molecule has 0 aliphatic heterocycles. The quantitative estimate of drug-likeness (QED) is 0.635. The minimum Gasteiger partial charge on any atom is -0.350 e. The van der Waals surface area contributed by atoms with E-state index in [-0.39, 0.29) is 5.91 Å². The van der Waals surface area contributed by atoms with E-state index in [9.17, 15) is 13.2 Å². The van der Waals surface area contributed by atoms with Crippen LogP contribution in [0.2, 0.25) is 5.02 Å². The summed E-state index contributed by atoms with van der Waals surface area (Å²) >= 11 is 6.07. The molecule has 0 aliphatic carbocycles. The first-order chi connectivity index (χ1) is 13.7. The highest BCUT2D eigenvalue weighted by Crippen LogP contribution is 2.28. The lowest BCUT2D eigenvalue weighted by molar-refractivity contribution is -0.122. The minimum absolute atomic E-state index is 0.302. The zero-order valence-corrected chi connectivity index (χ0v) is 18.1. The maximum absolute atomic E-state index is 12.9. The van der Waals surface area contributed by atoms with Crippen LogP contribution in [0.25, 0.3) is 10.8 Å². The predicted octanol–water partition coefficient (Wildman–Crippen LogP) is 4.27. The second kappa shape index (κ2) is 8.43. The molecular weight excluding hydrogens is 408 g/mol. The van der Waals surface area contributed by atoms with Crippen molar-refractivity contribution in [3.63, 3.8) is 0 Å². The molecule has 0 unspecified atom stereocenters. The van der Waals surface area contributed by atoms with Crippen LogP contribution >= 0.6 is 11.6 Å². The van der Waals surface area contributed by atoms with Crippen LogP contribution in [-0.2, 0) is 21.4 Å². The summed E-state index contributed by atoms with van der Waals surface area (Å²) < 4.78 is 26.1. The number of sulfonamides is 1. The second-order valence-corrected chi connectivity index (χ2v) is 9.32. The Balaban J connectivity index is 1.85. The Labute approximate surface area is 176 Å². The molecule has 0 radical (unpaired) electrons. The topological polar surface area (TPSA) is 66.5 Å². The van der Waals surface area contributed by atoms with Gasteiger partial charge in [0.15, 0.2) is 0 Å². The fraction of sp³-hybridized carbons (Fsp3) is 0.227. The van der Waals surface area contributed by atoms with Crippen molar-refractivity contribution in [1.29, 1.82) is 0 Å². The van der Waals surface area contributed by atoms with Crippen molar-refractivity contribution in [2.45, 2.75) is 26.4 Å². The average molecular weight is 431 g/mol. The SMILES string of the molecule is Cc1ccc(Cl)cc1N([C@H](C)C(=O)NCc1cccc2ccccc12)S(C)(=O)=O. The van der Waals surface area contributed by atoms with Crippen LogP contribution in [0, 0.1) is 6.92 Å². The molecule has 0 bridgehead atoms. The highest BCUT2D eigenvalue weighted by Gasteiger charge is 2.30. The first-order valence-corrected chi connectivity index (χ1v) is 11.4.